The van der Waals surface area contributed by atoms with E-state index in [1.54, 1.807) is 59.5 Å². The highest BCUT2D eigenvalue weighted by Crippen LogP contribution is 2.20. The zero-order valence-electron chi connectivity index (χ0n) is 18.9. The third-order valence-corrected chi connectivity index (χ3v) is 7.70. The van der Waals surface area contributed by atoms with Gasteiger partial charge in [-0.05, 0) is 42.2 Å². The molecule has 0 aromatic heterocycles. The number of amides is 2. The molecular formula is C27H28N2O4S. The average Bonchev–Trinajstić information content (AvgIpc) is 3.39. The molecule has 0 saturated carbocycles. The number of nitrogens with zero attached hydrogens (tertiary/aromatic N) is 1. The molecule has 1 saturated heterocycles. The zero-order valence-corrected chi connectivity index (χ0v) is 19.7. The van der Waals surface area contributed by atoms with Gasteiger partial charge < -0.3 is 10.2 Å². The van der Waals surface area contributed by atoms with Crippen molar-refractivity contribution in [2.75, 3.05) is 13.1 Å². The van der Waals surface area contributed by atoms with Crippen molar-refractivity contribution >= 4 is 21.7 Å². The maximum Gasteiger partial charge on any atom is 0.252 e. The van der Waals surface area contributed by atoms with Gasteiger partial charge in [0.2, 0.25) is 5.91 Å². The van der Waals surface area contributed by atoms with Crippen LogP contribution in [0.4, 0.5) is 0 Å². The number of benzene rings is 3. The van der Waals surface area contributed by atoms with Crippen molar-refractivity contribution in [3.8, 4) is 0 Å². The van der Waals surface area contributed by atoms with Crippen LogP contribution in [0.5, 0.6) is 0 Å². The van der Waals surface area contributed by atoms with E-state index >= 15 is 0 Å². The van der Waals surface area contributed by atoms with Crippen molar-refractivity contribution < 1.29 is 18.0 Å². The Hall–Kier alpha value is -3.45. The third-order valence-electron chi connectivity index (χ3n) is 6.01. The largest absolute Gasteiger partial charge is 0.341 e. The summed E-state index contributed by atoms with van der Waals surface area (Å²) in [5.41, 5.74) is 1.60. The first kappa shape index (κ1) is 23.7. The molecule has 0 aliphatic carbocycles. The summed E-state index contributed by atoms with van der Waals surface area (Å²) in [6.45, 7) is 1.37. The highest BCUT2D eigenvalue weighted by atomic mass is 32.2. The lowest BCUT2D eigenvalue weighted by Gasteiger charge is -2.24. The minimum absolute atomic E-state index is 0.107. The number of sulfone groups is 1. The molecule has 6 nitrogen and oxygen atoms in total. The molecule has 0 bridgehead atoms. The summed E-state index contributed by atoms with van der Waals surface area (Å²) in [7, 11) is -3.63. The number of rotatable bonds is 8. The van der Waals surface area contributed by atoms with Crippen LogP contribution in [-0.4, -0.2) is 44.3 Å². The Morgan fingerprint density at radius 3 is 2.09 bits per heavy atom. The Kier molecular flexibility index (Phi) is 7.43. The standard InChI is InChI=1S/C27H28N2O4S/c30-26(24-16-8-7-13-22(24)20-34(32,33)23-14-5-2-6-15-23)28-25(19-21-11-3-1-4-12-21)27(31)29-17-9-10-18-29/h1-8,11-16,25H,9-10,17-20H2,(H,28,30). The van der Waals surface area contributed by atoms with E-state index in [0.29, 0.717) is 25.1 Å². The summed E-state index contributed by atoms with van der Waals surface area (Å²) >= 11 is 0. The van der Waals surface area contributed by atoms with E-state index in [9.17, 15) is 18.0 Å². The van der Waals surface area contributed by atoms with Gasteiger partial charge in [-0.15, -0.1) is 0 Å². The summed E-state index contributed by atoms with van der Waals surface area (Å²) in [4.78, 5) is 28.6. The molecule has 1 N–H and O–H groups in total. The van der Waals surface area contributed by atoms with E-state index < -0.39 is 21.8 Å². The number of carbonyl (C=O) groups is 2. The number of nitrogens with one attached hydrogen (secondary N) is 1. The van der Waals surface area contributed by atoms with Crippen molar-refractivity contribution in [1.29, 1.82) is 0 Å². The minimum atomic E-state index is -3.63. The van der Waals surface area contributed by atoms with Crippen LogP contribution < -0.4 is 5.32 Å². The minimum Gasteiger partial charge on any atom is -0.341 e. The molecule has 4 rings (SSSR count). The smallest absolute Gasteiger partial charge is 0.252 e. The Labute approximate surface area is 200 Å². The van der Waals surface area contributed by atoms with Crippen molar-refractivity contribution in [1.82, 2.24) is 10.2 Å². The lowest BCUT2D eigenvalue weighted by molar-refractivity contribution is -0.132. The highest BCUT2D eigenvalue weighted by molar-refractivity contribution is 7.90. The quantitative estimate of drug-likeness (QED) is 0.538. The van der Waals surface area contributed by atoms with Gasteiger partial charge in [-0.3, -0.25) is 9.59 Å². The molecule has 3 aromatic rings. The molecule has 1 unspecified atom stereocenters. The number of likely N-dealkylation sites (tertiary alicyclic amines) is 1. The molecule has 34 heavy (non-hydrogen) atoms. The van der Waals surface area contributed by atoms with Crippen molar-refractivity contribution in [3.05, 3.63) is 102 Å². The van der Waals surface area contributed by atoms with Gasteiger partial charge in [0.15, 0.2) is 9.84 Å². The fourth-order valence-corrected chi connectivity index (χ4v) is 5.63. The molecule has 176 valence electrons. The normalized spacial score (nSPS) is 14.5. The molecule has 2 amide bonds. The van der Waals surface area contributed by atoms with Gasteiger partial charge in [0.25, 0.3) is 5.91 Å². The van der Waals surface area contributed by atoms with E-state index in [0.717, 1.165) is 18.4 Å². The topological polar surface area (TPSA) is 83.6 Å². The third kappa shape index (κ3) is 5.72. The molecule has 0 spiro atoms. The first-order valence-corrected chi connectivity index (χ1v) is 13.1. The molecule has 1 fully saturated rings. The lowest BCUT2D eigenvalue weighted by atomic mass is 10.0. The van der Waals surface area contributed by atoms with Gasteiger partial charge in [-0.25, -0.2) is 8.42 Å². The van der Waals surface area contributed by atoms with Gasteiger partial charge in [-0.2, -0.15) is 0 Å². The second-order valence-corrected chi connectivity index (χ2v) is 10.5. The second kappa shape index (κ2) is 10.7. The Morgan fingerprint density at radius 2 is 1.41 bits per heavy atom. The van der Waals surface area contributed by atoms with Gasteiger partial charge in [-0.1, -0.05) is 66.7 Å². The van der Waals surface area contributed by atoms with Gasteiger partial charge in [0.05, 0.1) is 10.6 Å². The number of hydrogen-bond acceptors (Lipinski definition) is 4. The maximum absolute atomic E-state index is 13.3. The van der Waals surface area contributed by atoms with Crippen LogP contribution in [0.15, 0.2) is 89.8 Å². The SMILES string of the molecule is O=C(NC(Cc1ccccc1)C(=O)N1CCCC1)c1ccccc1CS(=O)(=O)c1ccccc1. The molecule has 1 aliphatic rings. The van der Waals surface area contributed by atoms with Crippen LogP contribution in [0.1, 0.15) is 34.3 Å². The van der Waals surface area contributed by atoms with E-state index in [1.165, 1.54) is 0 Å². The van der Waals surface area contributed by atoms with Crippen molar-refractivity contribution in [2.45, 2.75) is 36.0 Å². The fraction of sp³-hybridized carbons (Fsp3) is 0.259. The fourth-order valence-electron chi connectivity index (χ4n) is 4.23. The molecule has 7 heteroatoms. The van der Waals surface area contributed by atoms with Gasteiger partial charge in [0.1, 0.15) is 6.04 Å². The van der Waals surface area contributed by atoms with Crippen LogP contribution in [0, 0.1) is 0 Å². The Balaban J connectivity index is 1.57. The zero-order chi connectivity index (χ0) is 24.0. The lowest BCUT2D eigenvalue weighted by Crippen LogP contribution is -2.49. The maximum atomic E-state index is 13.3. The Bertz CT molecular complexity index is 1240. The first-order chi connectivity index (χ1) is 16.4. The predicted octanol–water partition coefficient (Wildman–Crippen LogP) is 3.62. The molecular weight excluding hydrogens is 448 g/mol. The van der Waals surface area contributed by atoms with Crippen LogP contribution >= 0.6 is 0 Å². The van der Waals surface area contributed by atoms with Crippen molar-refractivity contribution in [2.24, 2.45) is 0 Å². The summed E-state index contributed by atoms with van der Waals surface area (Å²) in [6.07, 6.45) is 2.28. The van der Waals surface area contributed by atoms with Gasteiger partial charge >= 0.3 is 0 Å². The van der Waals surface area contributed by atoms with Crippen LogP contribution in [0.3, 0.4) is 0 Å². The van der Waals surface area contributed by atoms with Crippen LogP contribution in [-0.2, 0) is 26.8 Å². The van der Waals surface area contributed by atoms with E-state index in [-0.39, 0.29) is 22.1 Å². The van der Waals surface area contributed by atoms with Crippen LogP contribution in [0.25, 0.3) is 0 Å². The molecule has 1 aliphatic heterocycles. The van der Waals surface area contributed by atoms with Crippen LogP contribution in [0.2, 0.25) is 0 Å². The number of hydrogen-bond donors (Lipinski definition) is 1. The van der Waals surface area contributed by atoms with Gasteiger partial charge in [0, 0.05) is 25.1 Å². The number of carbonyl (C=O) groups excluding carboxylic acids is 2. The van der Waals surface area contributed by atoms with E-state index in [4.69, 9.17) is 0 Å². The van der Waals surface area contributed by atoms with E-state index in [2.05, 4.69) is 5.32 Å². The van der Waals surface area contributed by atoms with E-state index in [1.807, 2.05) is 30.3 Å². The average molecular weight is 477 g/mol. The molecule has 0 radical (unpaired) electrons. The molecule has 3 aromatic carbocycles. The second-order valence-electron chi connectivity index (χ2n) is 8.48. The molecule has 1 atom stereocenters. The summed E-state index contributed by atoms with van der Waals surface area (Å²) < 4.78 is 25.9. The molecule has 1 heterocycles. The summed E-state index contributed by atoms with van der Waals surface area (Å²) in [5.74, 6) is -0.860. The monoisotopic (exact) mass is 476 g/mol. The van der Waals surface area contributed by atoms with Crippen molar-refractivity contribution in [3.63, 3.8) is 0 Å². The first-order valence-electron chi connectivity index (χ1n) is 11.4. The summed E-state index contributed by atoms with van der Waals surface area (Å²) in [5, 5.41) is 2.90. The Morgan fingerprint density at radius 1 is 0.824 bits per heavy atom. The highest BCUT2D eigenvalue weighted by Gasteiger charge is 2.29. The predicted molar refractivity (Wildman–Crippen MR) is 131 cm³/mol. The summed E-state index contributed by atoms with van der Waals surface area (Å²) in [6, 6.07) is 23.7.